The summed E-state index contributed by atoms with van der Waals surface area (Å²) in [6, 6.07) is 22.6. The number of morpholine rings is 1. The predicted octanol–water partition coefficient (Wildman–Crippen LogP) is 3.63. The van der Waals surface area contributed by atoms with Gasteiger partial charge >= 0.3 is 0 Å². The first kappa shape index (κ1) is 24.1. The zero-order valence-corrected chi connectivity index (χ0v) is 21.5. The molecular weight excluding hydrogens is 502 g/mol. The smallest absolute Gasteiger partial charge is 0.269 e. The maximum absolute atomic E-state index is 14.2. The van der Waals surface area contributed by atoms with Crippen LogP contribution in [-0.4, -0.2) is 53.7 Å². The Hall–Kier alpha value is -4.28. The van der Waals surface area contributed by atoms with Crippen LogP contribution in [-0.2, 0) is 14.8 Å². The Morgan fingerprint density at radius 1 is 0.895 bits per heavy atom. The van der Waals surface area contributed by atoms with E-state index in [9.17, 15) is 13.2 Å². The average molecular weight is 528 g/mol. The zero-order chi connectivity index (χ0) is 26.3. The quantitative estimate of drug-likeness (QED) is 0.344. The normalized spacial score (nSPS) is 14.2. The first-order valence-corrected chi connectivity index (χ1v) is 13.7. The van der Waals surface area contributed by atoms with Crippen molar-refractivity contribution in [3.05, 3.63) is 101 Å². The van der Waals surface area contributed by atoms with Crippen molar-refractivity contribution in [2.24, 2.45) is 0 Å². The van der Waals surface area contributed by atoms with Crippen LogP contribution in [0.1, 0.15) is 5.56 Å². The zero-order valence-electron chi connectivity index (χ0n) is 20.7. The molecule has 0 radical (unpaired) electrons. The lowest BCUT2D eigenvalue weighted by molar-refractivity contribution is 0.122. The summed E-state index contributed by atoms with van der Waals surface area (Å²) in [7, 11) is -4.10. The van der Waals surface area contributed by atoms with Gasteiger partial charge in [0.25, 0.3) is 10.0 Å². The molecule has 1 saturated heterocycles. The number of anilines is 1. The van der Waals surface area contributed by atoms with E-state index < -0.39 is 10.0 Å². The van der Waals surface area contributed by atoms with E-state index in [1.54, 1.807) is 59.4 Å². The molecule has 9 nitrogen and oxygen atoms in total. The summed E-state index contributed by atoms with van der Waals surface area (Å²) >= 11 is 0. The molecule has 0 unspecified atom stereocenters. The van der Waals surface area contributed by atoms with Crippen LogP contribution in [0.3, 0.4) is 0 Å². The standard InChI is InChI=1S/C28H25N5O4S/c1-20-10-12-21(13-11-20)32-19-25(29-30-32)23-8-5-9-24-26(34)18-27(31-14-16-37-17-15-31)33(28(23)24)38(35,36)22-6-3-2-4-7-22/h2-13,18-19H,14-17H2,1H3. The molecule has 1 aliphatic heterocycles. The van der Waals surface area contributed by atoms with Gasteiger partial charge in [-0.25, -0.2) is 17.1 Å². The Labute approximate surface area is 219 Å². The van der Waals surface area contributed by atoms with Crippen molar-refractivity contribution in [1.82, 2.24) is 19.0 Å². The molecule has 192 valence electrons. The van der Waals surface area contributed by atoms with E-state index in [4.69, 9.17) is 4.74 Å². The van der Waals surface area contributed by atoms with Gasteiger partial charge in [0.15, 0.2) is 5.43 Å². The van der Waals surface area contributed by atoms with Crippen molar-refractivity contribution in [1.29, 1.82) is 0 Å². The number of hydrogen-bond acceptors (Lipinski definition) is 7. The summed E-state index contributed by atoms with van der Waals surface area (Å²) in [5.74, 6) is 0.299. The van der Waals surface area contributed by atoms with Crippen LogP contribution in [0.25, 0.3) is 27.8 Å². The molecule has 0 atom stereocenters. The lowest BCUT2D eigenvalue weighted by atomic mass is 10.1. The van der Waals surface area contributed by atoms with Gasteiger partial charge in [-0.2, -0.15) is 0 Å². The topological polar surface area (TPSA) is 99.3 Å². The van der Waals surface area contributed by atoms with Crippen molar-refractivity contribution < 1.29 is 13.2 Å². The predicted molar refractivity (Wildman–Crippen MR) is 145 cm³/mol. The van der Waals surface area contributed by atoms with Gasteiger partial charge < -0.3 is 9.64 Å². The first-order valence-electron chi connectivity index (χ1n) is 12.3. The number of para-hydroxylation sites is 1. The molecule has 0 bridgehead atoms. The van der Waals surface area contributed by atoms with Crippen LogP contribution in [0.2, 0.25) is 0 Å². The summed E-state index contributed by atoms with van der Waals surface area (Å²) in [4.78, 5) is 15.4. The molecule has 10 heteroatoms. The highest BCUT2D eigenvalue weighted by atomic mass is 32.2. The van der Waals surface area contributed by atoms with Crippen molar-refractivity contribution >= 4 is 26.7 Å². The highest BCUT2D eigenvalue weighted by Crippen LogP contribution is 2.33. The van der Waals surface area contributed by atoms with E-state index in [0.717, 1.165) is 11.3 Å². The van der Waals surface area contributed by atoms with Crippen LogP contribution in [0.5, 0.6) is 0 Å². The SMILES string of the molecule is Cc1ccc(-n2cc(-c3cccc4c(=O)cc(N5CCOCC5)n(S(=O)(=O)c5ccccc5)c34)nn2)cc1. The Balaban J connectivity index is 1.64. The highest BCUT2D eigenvalue weighted by Gasteiger charge is 2.28. The van der Waals surface area contributed by atoms with E-state index in [1.165, 1.54) is 10.0 Å². The lowest BCUT2D eigenvalue weighted by Gasteiger charge is -2.31. The van der Waals surface area contributed by atoms with Crippen molar-refractivity contribution in [2.45, 2.75) is 11.8 Å². The number of fused-ring (bicyclic) bond motifs is 1. The number of hydrogen-bond donors (Lipinski definition) is 0. The molecule has 2 aromatic heterocycles. The number of aromatic nitrogens is 4. The van der Waals surface area contributed by atoms with E-state index in [1.807, 2.05) is 36.1 Å². The van der Waals surface area contributed by atoms with Gasteiger partial charge in [0.05, 0.1) is 35.5 Å². The molecule has 5 aromatic rings. The first-order chi connectivity index (χ1) is 18.4. The van der Waals surface area contributed by atoms with Crippen LogP contribution < -0.4 is 10.3 Å². The molecule has 0 saturated carbocycles. The lowest BCUT2D eigenvalue weighted by Crippen LogP contribution is -2.39. The van der Waals surface area contributed by atoms with Crippen LogP contribution in [0, 0.1) is 6.92 Å². The number of pyridine rings is 1. The Morgan fingerprint density at radius 3 is 2.37 bits per heavy atom. The molecule has 1 aliphatic rings. The van der Waals surface area contributed by atoms with E-state index in [2.05, 4.69) is 10.3 Å². The molecule has 0 amide bonds. The molecule has 3 aromatic carbocycles. The minimum atomic E-state index is -4.10. The number of nitrogens with zero attached hydrogens (tertiary/aromatic N) is 5. The van der Waals surface area contributed by atoms with Gasteiger partial charge in [0.1, 0.15) is 11.5 Å². The second-order valence-electron chi connectivity index (χ2n) is 9.13. The van der Waals surface area contributed by atoms with Crippen molar-refractivity contribution in [3.8, 4) is 16.9 Å². The van der Waals surface area contributed by atoms with Crippen LogP contribution in [0.15, 0.2) is 94.7 Å². The van der Waals surface area contributed by atoms with Crippen molar-refractivity contribution in [2.75, 3.05) is 31.2 Å². The number of rotatable bonds is 5. The minimum absolute atomic E-state index is 0.123. The minimum Gasteiger partial charge on any atom is -0.378 e. The third-order valence-electron chi connectivity index (χ3n) is 6.66. The molecule has 0 aliphatic carbocycles. The van der Waals surface area contributed by atoms with Gasteiger partial charge in [-0.3, -0.25) is 4.79 Å². The van der Waals surface area contributed by atoms with Gasteiger partial charge in [0.2, 0.25) is 0 Å². The van der Waals surface area contributed by atoms with Gasteiger partial charge in [-0.1, -0.05) is 53.2 Å². The van der Waals surface area contributed by atoms with Crippen molar-refractivity contribution in [3.63, 3.8) is 0 Å². The third kappa shape index (κ3) is 4.17. The monoisotopic (exact) mass is 527 g/mol. The molecule has 6 rings (SSSR count). The Kier molecular flexibility index (Phi) is 6.05. The number of benzene rings is 3. The molecule has 0 spiro atoms. The molecule has 0 N–H and O–H groups in total. The maximum atomic E-state index is 14.2. The van der Waals surface area contributed by atoms with E-state index >= 15 is 0 Å². The molecular formula is C28H25N5O4S. The second-order valence-corrected chi connectivity index (χ2v) is 10.9. The highest BCUT2D eigenvalue weighted by molar-refractivity contribution is 7.90. The van der Waals surface area contributed by atoms with Gasteiger partial charge in [0, 0.05) is 30.1 Å². The third-order valence-corrected chi connectivity index (χ3v) is 8.38. The summed E-state index contributed by atoms with van der Waals surface area (Å²) in [6.45, 7) is 3.79. The largest absolute Gasteiger partial charge is 0.378 e. The van der Waals surface area contributed by atoms with Gasteiger partial charge in [-0.15, -0.1) is 5.10 Å². The van der Waals surface area contributed by atoms with E-state index in [-0.39, 0.29) is 21.2 Å². The fraction of sp³-hybridized carbons (Fsp3) is 0.179. The fourth-order valence-electron chi connectivity index (χ4n) is 4.70. The average Bonchev–Trinajstić information content (AvgIpc) is 3.44. The Morgan fingerprint density at radius 2 is 1.63 bits per heavy atom. The van der Waals surface area contributed by atoms with E-state index in [0.29, 0.717) is 43.4 Å². The van der Waals surface area contributed by atoms with Crippen LogP contribution in [0.4, 0.5) is 5.82 Å². The second kappa shape index (κ2) is 9.55. The fourth-order valence-corrected chi connectivity index (χ4v) is 6.26. The van der Waals surface area contributed by atoms with Crippen LogP contribution >= 0.6 is 0 Å². The molecule has 1 fully saturated rings. The maximum Gasteiger partial charge on any atom is 0.269 e. The Bertz CT molecular complexity index is 1790. The summed E-state index contributed by atoms with van der Waals surface area (Å²) in [5, 5.41) is 8.94. The molecule has 3 heterocycles. The summed E-state index contributed by atoms with van der Waals surface area (Å²) in [5.41, 5.74) is 2.88. The summed E-state index contributed by atoms with van der Waals surface area (Å²) < 4.78 is 36.9. The molecule has 38 heavy (non-hydrogen) atoms. The summed E-state index contributed by atoms with van der Waals surface area (Å²) in [6.07, 6.45) is 1.74. The number of aryl methyl sites for hydroxylation is 1. The van der Waals surface area contributed by atoms with Gasteiger partial charge in [-0.05, 0) is 37.3 Å². The number of ether oxygens (including phenoxy) is 1.